The molecule has 0 fully saturated rings. The smallest absolute Gasteiger partial charge is 0.209 e. The van der Waals surface area contributed by atoms with E-state index in [4.69, 9.17) is 0 Å². The second-order valence-corrected chi connectivity index (χ2v) is 16.7. The molecule has 0 spiro atoms. The standard InChI is InChI=1S/C42H56N2O3S.Y/c1-8-9-14-28-43-36-22-12-10-20-34(36)41(4,5)38(43)26-24-32-18-17-19-33(40(32)31(2)3)25-27-39-42(6,7)35-21-11-13-23-37(35)44(39)29-15-16-30-48(45,46)47;/h10-13,20-27,31H,8-9,14-19,28-30H2,1-7H3;. The average molecular weight is 758 g/mol. The fraction of sp³-hybridized carbons (Fsp3) is 0.500. The molecule has 5 rings (SSSR count). The molecule has 1 aliphatic carbocycles. The average Bonchev–Trinajstić information content (AvgIpc) is 3.39. The third kappa shape index (κ3) is 8.68. The van der Waals surface area contributed by atoms with Gasteiger partial charge in [0.15, 0.2) is 5.71 Å². The van der Waals surface area contributed by atoms with Crippen LogP contribution < -0.4 is 4.90 Å². The molecule has 5 nitrogen and oxygen atoms in total. The molecular formula is C42H56N2O3SY. The molecule has 0 atom stereocenters. The Kier molecular flexibility index (Phi) is 13.3. The van der Waals surface area contributed by atoms with Crippen LogP contribution in [0.2, 0.25) is 0 Å². The number of hydrogen-bond acceptors (Lipinski definition) is 4. The maximum Gasteiger partial charge on any atom is 0.209 e. The zero-order valence-corrected chi connectivity index (χ0v) is 34.5. The molecule has 0 saturated carbocycles. The number of rotatable bonds is 13. The predicted molar refractivity (Wildman–Crippen MR) is 200 cm³/mol. The van der Waals surface area contributed by atoms with Crippen LogP contribution in [-0.2, 0) is 53.7 Å². The second kappa shape index (κ2) is 16.5. The van der Waals surface area contributed by atoms with Crippen molar-refractivity contribution in [2.24, 2.45) is 5.92 Å². The maximum absolute atomic E-state index is 11.3. The molecular weight excluding hydrogens is 701 g/mol. The number of para-hydroxylation sites is 2. The van der Waals surface area contributed by atoms with Crippen molar-refractivity contribution in [1.29, 1.82) is 0 Å². The predicted octanol–water partition coefficient (Wildman–Crippen LogP) is 9.88. The van der Waals surface area contributed by atoms with Crippen LogP contribution in [0.3, 0.4) is 0 Å². The van der Waals surface area contributed by atoms with Crippen molar-refractivity contribution in [3.63, 3.8) is 0 Å². The van der Waals surface area contributed by atoms with Gasteiger partial charge in [-0.3, -0.25) is 0 Å². The van der Waals surface area contributed by atoms with Gasteiger partial charge in [-0.05, 0) is 92.7 Å². The SMILES string of the molecule is CCCCC[N+]1=C(/C=C/C2=C(C(C)C)C(=C/C=C3/N(CCCCS(=O)(=O)[O-])c4ccccc4C3(C)C)/CCC2)C(C)(C)c2ccccc21.[Y]. The number of unbranched alkanes of at least 4 members (excludes halogenated alkanes) is 3. The van der Waals surface area contributed by atoms with Crippen molar-refractivity contribution in [1.82, 2.24) is 0 Å². The summed E-state index contributed by atoms with van der Waals surface area (Å²) in [5, 5.41) is 0. The van der Waals surface area contributed by atoms with Gasteiger partial charge in [-0.15, -0.1) is 0 Å². The summed E-state index contributed by atoms with van der Waals surface area (Å²) in [6, 6.07) is 17.4. The molecule has 0 saturated heterocycles. The summed E-state index contributed by atoms with van der Waals surface area (Å²) in [6.45, 7) is 17.9. The Bertz CT molecular complexity index is 1780. The van der Waals surface area contributed by atoms with E-state index in [0.29, 0.717) is 25.3 Å². The number of allylic oxidation sites excluding steroid dienone is 8. The van der Waals surface area contributed by atoms with Crippen molar-refractivity contribution in [2.45, 2.75) is 111 Å². The van der Waals surface area contributed by atoms with Crippen LogP contribution in [0.1, 0.15) is 111 Å². The Labute approximate surface area is 322 Å². The molecule has 2 heterocycles. The van der Waals surface area contributed by atoms with Crippen molar-refractivity contribution in [2.75, 3.05) is 23.7 Å². The number of benzene rings is 2. The van der Waals surface area contributed by atoms with E-state index in [-0.39, 0.29) is 49.3 Å². The van der Waals surface area contributed by atoms with Crippen LogP contribution in [0, 0.1) is 5.92 Å². The third-order valence-electron chi connectivity index (χ3n) is 10.7. The minimum Gasteiger partial charge on any atom is -0.748 e. The summed E-state index contributed by atoms with van der Waals surface area (Å²) in [4.78, 5) is 2.34. The molecule has 0 bridgehead atoms. The van der Waals surface area contributed by atoms with Crippen LogP contribution in [0.4, 0.5) is 11.4 Å². The van der Waals surface area contributed by atoms with Gasteiger partial charge in [-0.1, -0.05) is 89.6 Å². The van der Waals surface area contributed by atoms with Crippen LogP contribution in [0.15, 0.2) is 95.3 Å². The Morgan fingerprint density at radius 3 is 2.27 bits per heavy atom. The van der Waals surface area contributed by atoms with E-state index >= 15 is 0 Å². The first kappa shape index (κ1) is 39.7. The van der Waals surface area contributed by atoms with Crippen molar-refractivity contribution in [3.8, 4) is 0 Å². The van der Waals surface area contributed by atoms with E-state index in [1.165, 1.54) is 69.9 Å². The number of hydrogen-bond donors (Lipinski definition) is 0. The molecule has 7 heteroatoms. The van der Waals surface area contributed by atoms with Gasteiger partial charge in [0.05, 0.1) is 15.5 Å². The van der Waals surface area contributed by atoms with Gasteiger partial charge in [0.1, 0.15) is 6.54 Å². The Morgan fingerprint density at radius 1 is 0.878 bits per heavy atom. The fourth-order valence-electron chi connectivity index (χ4n) is 8.22. The number of anilines is 1. The summed E-state index contributed by atoms with van der Waals surface area (Å²) >= 11 is 0. The zero-order valence-electron chi connectivity index (χ0n) is 30.9. The van der Waals surface area contributed by atoms with Gasteiger partial charge < -0.3 is 9.45 Å². The summed E-state index contributed by atoms with van der Waals surface area (Å²) < 4.78 is 36.3. The maximum atomic E-state index is 11.3. The minimum absolute atomic E-state index is 0. The number of fused-ring (bicyclic) bond motifs is 2. The first-order valence-electron chi connectivity index (χ1n) is 18.1. The van der Waals surface area contributed by atoms with E-state index in [0.717, 1.165) is 25.8 Å². The largest absolute Gasteiger partial charge is 0.748 e. The molecule has 0 aromatic heterocycles. The summed E-state index contributed by atoms with van der Waals surface area (Å²) in [5.41, 5.74) is 11.9. The minimum atomic E-state index is -4.21. The monoisotopic (exact) mass is 757 g/mol. The molecule has 49 heavy (non-hydrogen) atoms. The van der Waals surface area contributed by atoms with Gasteiger partial charge in [-0.25, -0.2) is 8.42 Å². The topological polar surface area (TPSA) is 63.5 Å². The summed E-state index contributed by atoms with van der Waals surface area (Å²) in [7, 11) is -4.21. The fourth-order valence-corrected chi connectivity index (χ4v) is 8.78. The Morgan fingerprint density at radius 2 is 1.57 bits per heavy atom. The summed E-state index contributed by atoms with van der Waals surface area (Å²) in [6.07, 6.45) is 17.4. The zero-order chi connectivity index (χ0) is 34.7. The van der Waals surface area contributed by atoms with E-state index in [1.807, 2.05) is 0 Å². The van der Waals surface area contributed by atoms with Gasteiger partial charge in [0, 0.05) is 85.9 Å². The molecule has 0 amide bonds. The van der Waals surface area contributed by atoms with Crippen LogP contribution in [-0.4, -0.2) is 42.1 Å². The van der Waals surface area contributed by atoms with Gasteiger partial charge >= 0.3 is 0 Å². The third-order valence-corrected chi connectivity index (χ3v) is 11.4. The van der Waals surface area contributed by atoms with E-state index in [2.05, 4.69) is 131 Å². The number of nitrogens with zero attached hydrogens (tertiary/aromatic N) is 2. The quantitative estimate of drug-likeness (QED) is 0.116. The Balaban J connectivity index is 0.00000541. The molecule has 2 aromatic carbocycles. The van der Waals surface area contributed by atoms with Crippen LogP contribution in [0.25, 0.3) is 0 Å². The van der Waals surface area contributed by atoms with Gasteiger partial charge in [0.25, 0.3) is 0 Å². The molecule has 261 valence electrons. The van der Waals surface area contributed by atoms with Crippen LogP contribution in [0.5, 0.6) is 0 Å². The molecule has 1 radical (unpaired) electrons. The van der Waals surface area contributed by atoms with Crippen molar-refractivity contribution >= 4 is 27.2 Å². The summed E-state index contributed by atoms with van der Waals surface area (Å²) in [5.74, 6) is 0.0835. The van der Waals surface area contributed by atoms with E-state index < -0.39 is 10.1 Å². The molecule has 3 aliphatic rings. The first-order valence-corrected chi connectivity index (χ1v) is 19.7. The van der Waals surface area contributed by atoms with E-state index in [1.54, 1.807) is 0 Å². The van der Waals surface area contributed by atoms with E-state index in [9.17, 15) is 13.0 Å². The van der Waals surface area contributed by atoms with Crippen molar-refractivity contribution in [3.05, 3.63) is 106 Å². The Hall–Kier alpha value is -2.12. The van der Waals surface area contributed by atoms with Crippen LogP contribution >= 0.6 is 0 Å². The first-order chi connectivity index (χ1) is 22.8. The van der Waals surface area contributed by atoms with Gasteiger partial charge in [0.2, 0.25) is 5.69 Å². The normalized spacial score (nSPS) is 20.1. The molecule has 2 aliphatic heterocycles. The molecule has 2 aromatic rings. The van der Waals surface area contributed by atoms with Crippen molar-refractivity contribution < 1.29 is 50.3 Å². The molecule has 0 N–H and O–H groups in total. The molecule has 0 unspecified atom stereocenters. The van der Waals surface area contributed by atoms with Gasteiger partial charge in [-0.2, -0.15) is 4.58 Å². The second-order valence-electron chi connectivity index (χ2n) is 15.2.